The van der Waals surface area contributed by atoms with E-state index in [1.165, 1.54) is 0 Å². The number of nitrogens with one attached hydrogen (secondary N) is 1. The molecule has 1 amide bonds. The van der Waals surface area contributed by atoms with Crippen LogP contribution in [0.15, 0.2) is 45.3 Å². The lowest BCUT2D eigenvalue weighted by Gasteiger charge is -2.19. The summed E-state index contributed by atoms with van der Waals surface area (Å²) in [7, 11) is 0. The van der Waals surface area contributed by atoms with E-state index < -0.39 is 5.24 Å². The third kappa shape index (κ3) is 11.3. The topological polar surface area (TPSA) is 49.4 Å². The first-order valence-corrected chi connectivity index (χ1v) is 12.3. The fraction of sp³-hybridized carbons (Fsp3) is 0.417. The van der Waals surface area contributed by atoms with Crippen molar-refractivity contribution >= 4 is 54.6 Å². The number of halogens is 3. The van der Waals surface area contributed by atoms with E-state index in [2.05, 4.69) is 51.0 Å². The fourth-order valence-electron chi connectivity index (χ4n) is 2.56. The van der Waals surface area contributed by atoms with Crippen molar-refractivity contribution in [3.63, 3.8) is 0 Å². The van der Waals surface area contributed by atoms with E-state index in [9.17, 15) is 9.59 Å². The van der Waals surface area contributed by atoms with Gasteiger partial charge >= 0.3 is 0 Å². The standard InChI is InChI=1S/C12H16BrNO.C8H6BrClO.C4H11N/c1-4-14(5-2)12(15)11-8-10(13)7-6-9(11)3;1-5-2-3-6(9)4-7(5)8(10)11;1-3-5-4-2/h6-8H,4-5H2,1-3H3;2-4H,1H3;5H,3-4H2,1-2H3. The van der Waals surface area contributed by atoms with Crippen molar-refractivity contribution in [1.29, 1.82) is 0 Å². The first-order valence-electron chi connectivity index (χ1n) is 10.3. The number of rotatable bonds is 6. The number of carbonyl (C=O) groups is 2. The van der Waals surface area contributed by atoms with Crippen LogP contribution in [0.2, 0.25) is 0 Å². The number of hydrogen-bond donors (Lipinski definition) is 1. The van der Waals surface area contributed by atoms with Gasteiger partial charge in [-0.15, -0.1) is 0 Å². The minimum Gasteiger partial charge on any atom is -0.339 e. The highest BCUT2D eigenvalue weighted by Gasteiger charge is 2.14. The monoisotopic (exact) mass is 574 g/mol. The SMILES string of the molecule is CCN(CC)C(=O)c1cc(Br)ccc1C.CCNCC.Cc1ccc(Br)cc1C(=O)Cl. The molecular weight excluding hydrogens is 544 g/mol. The van der Waals surface area contributed by atoms with Crippen LogP contribution in [-0.4, -0.2) is 42.2 Å². The van der Waals surface area contributed by atoms with Gasteiger partial charge in [0.25, 0.3) is 11.1 Å². The van der Waals surface area contributed by atoms with Crippen LogP contribution in [-0.2, 0) is 0 Å². The average Bonchev–Trinajstić information content (AvgIpc) is 2.73. The molecule has 0 unspecified atom stereocenters. The van der Waals surface area contributed by atoms with Crippen LogP contribution in [0.4, 0.5) is 0 Å². The maximum atomic E-state index is 12.1. The molecule has 0 saturated carbocycles. The van der Waals surface area contributed by atoms with E-state index in [0.717, 1.165) is 51.8 Å². The van der Waals surface area contributed by atoms with E-state index in [1.807, 2.05) is 62.9 Å². The van der Waals surface area contributed by atoms with Crippen molar-refractivity contribution in [2.24, 2.45) is 0 Å². The normalized spacial score (nSPS) is 9.71. The summed E-state index contributed by atoms with van der Waals surface area (Å²) < 4.78 is 1.82. The predicted molar refractivity (Wildman–Crippen MR) is 139 cm³/mol. The van der Waals surface area contributed by atoms with Gasteiger partial charge in [-0.25, -0.2) is 0 Å². The van der Waals surface area contributed by atoms with Gasteiger partial charge in [-0.05, 0) is 87.8 Å². The Hall–Kier alpha value is -1.21. The zero-order valence-corrected chi connectivity index (χ0v) is 23.1. The van der Waals surface area contributed by atoms with Crippen molar-refractivity contribution in [3.05, 3.63) is 67.6 Å². The van der Waals surface area contributed by atoms with Gasteiger partial charge in [0.15, 0.2) is 0 Å². The van der Waals surface area contributed by atoms with Crippen molar-refractivity contribution in [2.45, 2.75) is 41.5 Å². The molecule has 4 nitrogen and oxygen atoms in total. The maximum absolute atomic E-state index is 12.1. The van der Waals surface area contributed by atoms with Crippen LogP contribution >= 0.6 is 43.5 Å². The summed E-state index contributed by atoms with van der Waals surface area (Å²) in [6, 6.07) is 11.2. The van der Waals surface area contributed by atoms with Gasteiger partial charge in [0, 0.05) is 33.2 Å². The van der Waals surface area contributed by atoms with Gasteiger partial charge in [-0.2, -0.15) is 0 Å². The largest absolute Gasteiger partial charge is 0.339 e. The van der Waals surface area contributed by atoms with Gasteiger partial charge in [-0.3, -0.25) is 9.59 Å². The number of carbonyl (C=O) groups excluding carboxylic acids is 2. The molecule has 0 atom stereocenters. The minimum absolute atomic E-state index is 0.110. The lowest BCUT2D eigenvalue weighted by Crippen LogP contribution is -2.30. The highest BCUT2D eigenvalue weighted by Crippen LogP contribution is 2.18. The Morgan fingerprint density at radius 3 is 1.58 bits per heavy atom. The second-order valence-corrected chi connectivity index (χ2v) is 8.80. The number of nitrogens with zero attached hydrogens (tertiary/aromatic N) is 1. The van der Waals surface area contributed by atoms with Gasteiger partial charge in [-0.1, -0.05) is 57.8 Å². The molecule has 0 aromatic heterocycles. The number of aryl methyl sites for hydroxylation is 2. The van der Waals surface area contributed by atoms with E-state index in [1.54, 1.807) is 6.07 Å². The molecule has 0 heterocycles. The molecule has 172 valence electrons. The molecule has 2 aromatic rings. The number of benzene rings is 2. The van der Waals surface area contributed by atoms with Gasteiger partial charge in [0.05, 0.1) is 0 Å². The first kappa shape index (κ1) is 29.8. The lowest BCUT2D eigenvalue weighted by molar-refractivity contribution is 0.0772. The molecule has 7 heteroatoms. The molecule has 0 radical (unpaired) electrons. The zero-order valence-electron chi connectivity index (χ0n) is 19.2. The number of amides is 1. The summed E-state index contributed by atoms with van der Waals surface area (Å²) in [5, 5.41) is 2.70. The van der Waals surface area contributed by atoms with Crippen molar-refractivity contribution < 1.29 is 9.59 Å². The molecule has 31 heavy (non-hydrogen) atoms. The highest BCUT2D eigenvalue weighted by molar-refractivity contribution is 9.10. The van der Waals surface area contributed by atoms with Crippen LogP contribution in [0.3, 0.4) is 0 Å². The van der Waals surface area contributed by atoms with Crippen molar-refractivity contribution in [1.82, 2.24) is 10.2 Å². The predicted octanol–water partition coefficient (Wildman–Crippen LogP) is 6.99. The summed E-state index contributed by atoms with van der Waals surface area (Å²) in [4.78, 5) is 24.7. The smallest absolute Gasteiger partial charge is 0.254 e. The second kappa shape index (κ2) is 16.4. The average molecular weight is 577 g/mol. The second-order valence-electron chi connectivity index (χ2n) is 6.63. The lowest BCUT2D eigenvalue weighted by atomic mass is 10.1. The van der Waals surface area contributed by atoms with E-state index in [-0.39, 0.29) is 5.91 Å². The Morgan fingerprint density at radius 2 is 1.26 bits per heavy atom. The fourth-order valence-corrected chi connectivity index (χ4v) is 3.49. The summed E-state index contributed by atoms with van der Waals surface area (Å²) in [5.74, 6) is 0.110. The van der Waals surface area contributed by atoms with E-state index >= 15 is 0 Å². The molecule has 0 saturated heterocycles. The van der Waals surface area contributed by atoms with Gasteiger partial charge in [0.2, 0.25) is 0 Å². The van der Waals surface area contributed by atoms with Crippen LogP contribution in [0.25, 0.3) is 0 Å². The van der Waals surface area contributed by atoms with E-state index in [4.69, 9.17) is 11.6 Å². The Kier molecular flexibility index (Phi) is 15.8. The maximum Gasteiger partial charge on any atom is 0.254 e. The Balaban J connectivity index is 0.000000492. The molecule has 1 N–H and O–H groups in total. The Morgan fingerprint density at radius 1 is 0.839 bits per heavy atom. The quantitative estimate of drug-likeness (QED) is 0.377. The van der Waals surface area contributed by atoms with Gasteiger partial charge in [0.1, 0.15) is 0 Å². The third-order valence-corrected chi connectivity index (χ3v) is 5.58. The van der Waals surface area contributed by atoms with Crippen LogP contribution in [0.5, 0.6) is 0 Å². The molecule has 0 aliphatic heterocycles. The molecule has 0 aliphatic rings. The summed E-state index contributed by atoms with van der Waals surface area (Å²) in [6.07, 6.45) is 0. The van der Waals surface area contributed by atoms with Crippen molar-refractivity contribution in [2.75, 3.05) is 26.2 Å². The summed E-state index contributed by atoms with van der Waals surface area (Å²) in [5.41, 5.74) is 3.26. The Bertz CT molecular complexity index is 838. The molecule has 0 aliphatic carbocycles. The van der Waals surface area contributed by atoms with Crippen LogP contribution < -0.4 is 5.32 Å². The molecular formula is C24H33Br2ClN2O2. The summed E-state index contributed by atoms with van der Waals surface area (Å²) in [6.45, 7) is 15.7. The summed E-state index contributed by atoms with van der Waals surface area (Å²) >= 11 is 12.0. The Labute approximate surface area is 209 Å². The first-order chi connectivity index (χ1) is 14.6. The minimum atomic E-state index is -0.413. The zero-order chi connectivity index (χ0) is 24.0. The van der Waals surface area contributed by atoms with E-state index in [0.29, 0.717) is 5.56 Å². The molecule has 0 fully saturated rings. The molecule has 0 spiro atoms. The number of hydrogen-bond acceptors (Lipinski definition) is 3. The van der Waals surface area contributed by atoms with Crippen LogP contribution in [0, 0.1) is 13.8 Å². The molecule has 2 rings (SSSR count). The molecule has 2 aromatic carbocycles. The van der Waals surface area contributed by atoms with Crippen LogP contribution in [0.1, 0.15) is 59.5 Å². The highest BCUT2D eigenvalue weighted by atomic mass is 79.9. The molecule has 0 bridgehead atoms. The van der Waals surface area contributed by atoms with Crippen molar-refractivity contribution in [3.8, 4) is 0 Å². The third-order valence-electron chi connectivity index (χ3n) is 4.39. The van der Waals surface area contributed by atoms with Gasteiger partial charge < -0.3 is 10.2 Å².